The number of carbonyl (C=O) groups excluding carboxylic acids is 1. The minimum Gasteiger partial charge on any atom is -0.456 e. The van der Waals surface area contributed by atoms with Crippen LogP contribution in [-0.4, -0.2) is 58.4 Å². The van der Waals surface area contributed by atoms with Crippen LogP contribution in [0.2, 0.25) is 0 Å². The van der Waals surface area contributed by atoms with Gasteiger partial charge < -0.3 is 14.2 Å². The van der Waals surface area contributed by atoms with Gasteiger partial charge >= 0.3 is 0 Å². The van der Waals surface area contributed by atoms with Gasteiger partial charge in [-0.3, -0.25) is 4.79 Å². The summed E-state index contributed by atoms with van der Waals surface area (Å²) in [5.74, 6) is 0.00921. The number of nitrogens with zero attached hydrogens (tertiary/aromatic N) is 2. The predicted octanol–water partition coefficient (Wildman–Crippen LogP) is 3.62. The van der Waals surface area contributed by atoms with Crippen molar-refractivity contribution in [2.75, 3.05) is 38.1 Å². The Balaban J connectivity index is 1.66. The van der Waals surface area contributed by atoms with Crippen molar-refractivity contribution in [3.63, 3.8) is 0 Å². The molecule has 0 spiro atoms. The third kappa shape index (κ3) is 4.67. The minimum absolute atomic E-state index is 0.130. The maximum Gasteiger partial charge on any atom is 0.241 e. The molecule has 0 saturated carbocycles. The molecule has 1 fully saturated rings. The number of rotatable bonds is 7. The van der Waals surface area contributed by atoms with Crippen LogP contribution in [0, 0.1) is 5.92 Å². The Labute approximate surface area is 189 Å². The number of sulfonamides is 1. The van der Waals surface area contributed by atoms with Gasteiger partial charge in [0.25, 0.3) is 0 Å². The van der Waals surface area contributed by atoms with Crippen LogP contribution >= 0.6 is 0 Å². The SMILES string of the molecule is CC(=O)[C@H](CC(C)C)NS(=O)(=O)c1ccc2oc3cc(N4CCN(C)CC4)ccc3c2c1. The Morgan fingerprint density at radius 1 is 1.03 bits per heavy atom. The lowest BCUT2D eigenvalue weighted by Gasteiger charge is -2.34. The van der Waals surface area contributed by atoms with Crippen LogP contribution in [0.1, 0.15) is 27.2 Å². The van der Waals surface area contributed by atoms with E-state index in [2.05, 4.69) is 27.6 Å². The first-order valence-electron chi connectivity index (χ1n) is 11.1. The number of Topliss-reactive ketones (excluding diaryl/α,β-unsaturated/α-hetero) is 1. The standard InChI is InChI=1S/C24H31N3O4S/c1-16(2)13-22(17(3)28)25-32(29,30)19-6-8-23-21(15-19)20-7-5-18(14-24(20)31-23)27-11-9-26(4)10-12-27/h5-8,14-16,22,25H,9-13H2,1-4H3/t22-/m0/s1. The molecule has 3 aromatic rings. The van der Waals surface area contributed by atoms with Gasteiger partial charge in [-0.2, -0.15) is 0 Å². The fourth-order valence-electron chi connectivity index (χ4n) is 4.20. The first-order valence-corrected chi connectivity index (χ1v) is 12.5. The Morgan fingerprint density at radius 2 is 1.75 bits per heavy atom. The largest absolute Gasteiger partial charge is 0.456 e. The van der Waals surface area contributed by atoms with Crippen molar-refractivity contribution in [1.82, 2.24) is 9.62 Å². The normalized spacial score (nSPS) is 16.8. The zero-order valence-electron chi connectivity index (χ0n) is 19.1. The van der Waals surface area contributed by atoms with Crippen LogP contribution in [0.25, 0.3) is 21.9 Å². The highest BCUT2D eigenvalue weighted by molar-refractivity contribution is 7.89. The Morgan fingerprint density at radius 3 is 2.41 bits per heavy atom. The van der Waals surface area contributed by atoms with E-state index in [0.717, 1.165) is 48.2 Å². The molecule has 7 nitrogen and oxygen atoms in total. The van der Waals surface area contributed by atoms with Crippen LogP contribution in [-0.2, 0) is 14.8 Å². The number of benzene rings is 2. The third-order valence-corrected chi connectivity index (χ3v) is 7.57. The molecule has 1 aromatic heterocycles. The molecule has 1 aliphatic heterocycles. The van der Waals surface area contributed by atoms with E-state index in [1.807, 2.05) is 26.0 Å². The van der Waals surface area contributed by atoms with E-state index in [1.165, 1.54) is 13.0 Å². The number of fused-ring (bicyclic) bond motifs is 3. The molecule has 0 radical (unpaired) electrons. The molecular weight excluding hydrogens is 426 g/mol. The van der Waals surface area contributed by atoms with Crippen molar-refractivity contribution in [3.05, 3.63) is 36.4 Å². The molecule has 1 aliphatic rings. The summed E-state index contributed by atoms with van der Waals surface area (Å²) in [4.78, 5) is 16.7. The first kappa shape index (κ1) is 22.8. The third-order valence-electron chi connectivity index (χ3n) is 6.10. The molecule has 1 saturated heterocycles. The number of likely N-dealkylation sites (N-methyl/N-ethyl adjacent to an activating group) is 1. The lowest BCUT2D eigenvalue weighted by atomic mass is 10.0. The number of hydrogen-bond acceptors (Lipinski definition) is 6. The highest BCUT2D eigenvalue weighted by Crippen LogP contribution is 2.33. The van der Waals surface area contributed by atoms with Gasteiger partial charge in [0.1, 0.15) is 16.9 Å². The van der Waals surface area contributed by atoms with E-state index >= 15 is 0 Å². The second-order valence-corrected chi connectivity index (χ2v) is 10.9. The van der Waals surface area contributed by atoms with Gasteiger partial charge in [-0.1, -0.05) is 13.8 Å². The number of anilines is 1. The van der Waals surface area contributed by atoms with Crippen LogP contribution in [0.3, 0.4) is 0 Å². The number of carbonyl (C=O) groups is 1. The van der Waals surface area contributed by atoms with Crippen LogP contribution in [0.15, 0.2) is 45.7 Å². The summed E-state index contributed by atoms with van der Waals surface area (Å²) in [7, 11) is -1.72. The maximum absolute atomic E-state index is 13.0. The van der Waals surface area contributed by atoms with Crippen LogP contribution in [0.4, 0.5) is 5.69 Å². The van der Waals surface area contributed by atoms with Crippen molar-refractivity contribution in [3.8, 4) is 0 Å². The molecular formula is C24H31N3O4S. The van der Waals surface area contributed by atoms with Crippen molar-refractivity contribution in [1.29, 1.82) is 0 Å². The van der Waals surface area contributed by atoms with Crippen LogP contribution < -0.4 is 9.62 Å². The summed E-state index contributed by atoms with van der Waals surface area (Å²) < 4.78 is 34.6. The molecule has 0 bridgehead atoms. The Bertz CT molecular complexity index is 1240. The van der Waals surface area contributed by atoms with Gasteiger partial charge in [-0.05, 0) is 56.6 Å². The second-order valence-electron chi connectivity index (χ2n) is 9.14. The lowest BCUT2D eigenvalue weighted by Crippen LogP contribution is -2.44. The van der Waals surface area contributed by atoms with Crippen molar-refractivity contribution in [2.24, 2.45) is 5.92 Å². The molecule has 0 unspecified atom stereocenters. The van der Waals surface area contributed by atoms with E-state index in [0.29, 0.717) is 12.0 Å². The molecule has 4 rings (SSSR count). The Hall–Kier alpha value is -2.42. The number of nitrogens with one attached hydrogen (secondary N) is 1. The van der Waals surface area contributed by atoms with Gasteiger partial charge in [0.05, 0.1) is 10.9 Å². The molecule has 1 atom stereocenters. The van der Waals surface area contributed by atoms with E-state index in [1.54, 1.807) is 12.1 Å². The molecule has 2 heterocycles. The van der Waals surface area contributed by atoms with Gasteiger partial charge in [0, 0.05) is 48.7 Å². The van der Waals surface area contributed by atoms with Crippen molar-refractivity contribution >= 4 is 43.4 Å². The highest BCUT2D eigenvalue weighted by atomic mass is 32.2. The number of piperazine rings is 1. The molecule has 32 heavy (non-hydrogen) atoms. The maximum atomic E-state index is 13.0. The average Bonchev–Trinajstić information content (AvgIpc) is 3.10. The smallest absolute Gasteiger partial charge is 0.241 e. The first-order chi connectivity index (χ1) is 15.1. The number of ketones is 1. The quantitative estimate of drug-likeness (QED) is 0.584. The van der Waals surface area contributed by atoms with Gasteiger partial charge in [-0.15, -0.1) is 0 Å². The number of hydrogen-bond donors (Lipinski definition) is 1. The van der Waals surface area contributed by atoms with E-state index < -0.39 is 16.1 Å². The molecule has 172 valence electrons. The molecule has 0 amide bonds. The fourth-order valence-corrected chi connectivity index (χ4v) is 5.49. The molecule has 2 aromatic carbocycles. The number of furan rings is 1. The summed E-state index contributed by atoms with van der Waals surface area (Å²) in [6.07, 6.45) is 0.459. The summed E-state index contributed by atoms with van der Waals surface area (Å²) in [5.41, 5.74) is 2.48. The van der Waals surface area contributed by atoms with Gasteiger partial charge in [-0.25, -0.2) is 13.1 Å². The zero-order valence-corrected chi connectivity index (χ0v) is 19.9. The van der Waals surface area contributed by atoms with E-state index in [-0.39, 0.29) is 16.6 Å². The highest BCUT2D eigenvalue weighted by Gasteiger charge is 2.25. The molecule has 1 N–H and O–H groups in total. The second kappa shape index (κ2) is 8.84. The van der Waals surface area contributed by atoms with Crippen molar-refractivity contribution < 1.29 is 17.6 Å². The summed E-state index contributed by atoms with van der Waals surface area (Å²) in [6, 6.07) is 10.2. The van der Waals surface area contributed by atoms with Gasteiger partial charge in [0.2, 0.25) is 10.0 Å². The summed E-state index contributed by atoms with van der Waals surface area (Å²) in [5, 5.41) is 1.62. The molecule has 0 aliphatic carbocycles. The molecule has 8 heteroatoms. The average molecular weight is 458 g/mol. The topological polar surface area (TPSA) is 82.9 Å². The fraction of sp³-hybridized carbons (Fsp3) is 0.458. The zero-order chi connectivity index (χ0) is 23.0. The van der Waals surface area contributed by atoms with E-state index in [4.69, 9.17) is 4.42 Å². The summed E-state index contributed by atoms with van der Waals surface area (Å²) >= 11 is 0. The predicted molar refractivity (Wildman–Crippen MR) is 128 cm³/mol. The van der Waals surface area contributed by atoms with Crippen LogP contribution in [0.5, 0.6) is 0 Å². The van der Waals surface area contributed by atoms with Crippen molar-refractivity contribution in [2.45, 2.75) is 38.1 Å². The Kier molecular flexibility index (Phi) is 6.29. The van der Waals surface area contributed by atoms with Gasteiger partial charge in [0.15, 0.2) is 0 Å². The van der Waals surface area contributed by atoms with E-state index in [9.17, 15) is 13.2 Å². The monoisotopic (exact) mass is 457 g/mol. The minimum atomic E-state index is -3.84. The lowest BCUT2D eigenvalue weighted by molar-refractivity contribution is -0.118. The summed E-state index contributed by atoms with van der Waals surface area (Å²) in [6.45, 7) is 9.30.